The van der Waals surface area contributed by atoms with Crippen molar-refractivity contribution in [1.82, 2.24) is 0 Å². The Kier molecular flexibility index (Phi) is 5.62. The van der Waals surface area contributed by atoms with E-state index in [9.17, 15) is 22.0 Å². The highest BCUT2D eigenvalue weighted by Gasteiger charge is 2.24. The number of carbonyl (C=O) groups is 1. The molecular formula is C13H16F2O4S. The zero-order valence-corrected chi connectivity index (χ0v) is 11.8. The Balaban J connectivity index is 3.07. The van der Waals surface area contributed by atoms with Gasteiger partial charge in [0.05, 0.1) is 11.3 Å². The molecule has 7 heteroatoms. The van der Waals surface area contributed by atoms with Crippen molar-refractivity contribution in [1.29, 1.82) is 0 Å². The van der Waals surface area contributed by atoms with Crippen molar-refractivity contribution in [3.8, 4) is 0 Å². The zero-order chi connectivity index (χ0) is 15.3. The Labute approximate surface area is 116 Å². The van der Waals surface area contributed by atoms with E-state index in [-0.39, 0.29) is 5.75 Å². The van der Waals surface area contributed by atoms with E-state index in [0.717, 1.165) is 12.8 Å². The molecular weight excluding hydrogens is 290 g/mol. The predicted molar refractivity (Wildman–Crippen MR) is 69.5 cm³/mol. The van der Waals surface area contributed by atoms with Crippen molar-refractivity contribution >= 4 is 15.8 Å². The van der Waals surface area contributed by atoms with Gasteiger partial charge in [-0.2, -0.15) is 0 Å². The molecule has 0 fully saturated rings. The molecule has 0 aliphatic heterocycles. The molecule has 20 heavy (non-hydrogen) atoms. The third-order valence-corrected chi connectivity index (χ3v) is 4.64. The number of carboxylic acids is 1. The molecule has 1 aromatic carbocycles. The highest BCUT2D eigenvalue weighted by Crippen LogP contribution is 2.22. The Morgan fingerprint density at radius 1 is 1.20 bits per heavy atom. The van der Waals surface area contributed by atoms with Crippen molar-refractivity contribution in [2.24, 2.45) is 0 Å². The lowest BCUT2D eigenvalue weighted by molar-refractivity contribution is 0.0696. The van der Waals surface area contributed by atoms with Gasteiger partial charge < -0.3 is 5.11 Å². The third-order valence-electron chi connectivity index (χ3n) is 2.84. The van der Waals surface area contributed by atoms with Gasteiger partial charge >= 0.3 is 5.97 Å². The van der Waals surface area contributed by atoms with Crippen LogP contribution in [-0.2, 0) is 9.84 Å². The maximum atomic E-state index is 13.6. The van der Waals surface area contributed by atoms with Gasteiger partial charge in [-0.3, -0.25) is 0 Å². The molecule has 0 radical (unpaired) electrons. The summed E-state index contributed by atoms with van der Waals surface area (Å²) in [4.78, 5) is 9.88. The lowest BCUT2D eigenvalue weighted by Crippen LogP contribution is -2.12. The minimum atomic E-state index is -4.03. The fraction of sp³-hybridized carbons (Fsp3) is 0.462. The van der Waals surface area contributed by atoms with Crippen LogP contribution in [0.4, 0.5) is 8.78 Å². The van der Waals surface area contributed by atoms with E-state index in [2.05, 4.69) is 0 Å². The van der Waals surface area contributed by atoms with Crippen LogP contribution in [0.5, 0.6) is 0 Å². The number of sulfone groups is 1. The van der Waals surface area contributed by atoms with Gasteiger partial charge in [-0.05, 0) is 18.6 Å². The first-order chi connectivity index (χ1) is 9.29. The summed E-state index contributed by atoms with van der Waals surface area (Å²) >= 11 is 0. The van der Waals surface area contributed by atoms with E-state index in [1.807, 2.05) is 6.92 Å². The molecule has 1 rings (SSSR count). The SMILES string of the molecule is CCCCCCS(=O)(=O)c1cc(C(=O)O)cc(F)c1F. The third kappa shape index (κ3) is 4.00. The fourth-order valence-electron chi connectivity index (χ4n) is 1.74. The Hall–Kier alpha value is -1.50. The highest BCUT2D eigenvalue weighted by atomic mass is 32.2. The van der Waals surface area contributed by atoms with Crippen molar-refractivity contribution in [3.05, 3.63) is 29.3 Å². The molecule has 0 saturated heterocycles. The number of carboxylic acid groups (broad SMARTS) is 1. The summed E-state index contributed by atoms with van der Waals surface area (Å²) in [6, 6.07) is 1.13. The largest absolute Gasteiger partial charge is 0.478 e. The monoisotopic (exact) mass is 306 g/mol. The lowest BCUT2D eigenvalue weighted by atomic mass is 10.2. The van der Waals surface area contributed by atoms with Crippen LogP contribution in [0.1, 0.15) is 43.0 Å². The van der Waals surface area contributed by atoms with Gasteiger partial charge in [0.2, 0.25) is 0 Å². The van der Waals surface area contributed by atoms with Crippen molar-refractivity contribution < 1.29 is 27.1 Å². The minimum Gasteiger partial charge on any atom is -0.478 e. The number of hydrogen-bond donors (Lipinski definition) is 1. The summed E-state index contributed by atoms with van der Waals surface area (Å²) in [6.07, 6.45) is 2.76. The molecule has 0 spiro atoms. The summed E-state index contributed by atoms with van der Waals surface area (Å²) in [6.45, 7) is 1.96. The summed E-state index contributed by atoms with van der Waals surface area (Å²) in [5, 5.41) is 8.75. The summed E-state index contributed by atoms with van der Waals surface area (Å²) in [7, 11) is -4.03. The molecule has 0 atom stereocenters. The first kappa shape index (κ1) is 16.6. The maximum Gasteiger partial charge on any atom is 0.335 e. The van der Waals surface area contributed by atoms with Crippen LogP contribution in [0.2, 0.25) is 0 Å². The number of benzene rings is 1. The standard InChI is InChI=1S/C13H16F2O4S/c1-2-3-4-5-6-20(18,19)11-8-9(13(16)17)7-10(14)12(11)15/h7-8H,2-6H2,1H3,(H,16,17). The Morgan fingerprint density at radius 3 is 2.40 bits per heavy atom. The van der Waals surface area contributed by atoms with E-state index >= 15 is 0 Å². The second kappa shape index (κ2) is 6.78. The molecule has 4 nitrogen and oxygen atoms in total. The summed E-state index contributed by atoms with van der Waals surface area (Å²) in [5.41, 5.74) is -0.587. The normalized spacial score (nSPS) is 11.6. The first-order valence-electron chi connectivity index (χ1n) is 6.24. The zero-order valence-electron chi connectivity index (χ0n) is 11.0. The first-order valence-corrected chi connectivity index (χ1v) is 7.90. The minimum absolute atomic E-state index is 0.327. The van der Waals surface area contributed by atoms with E-state index in [1.54, 1.807) is 0 Å². The van der Waals surface area contributed by atoms with Crippen LogP contribution in [0.25, 0.3) is 0 Å². The smallest absolute Gasteiger partial charge is 0.335 e. The molecule has 0 aromatic heterocycles. The molecule has 0 saturated carbocycles. The molecule has 1 aromatic rings. The molecule has 0 heterocycles. The highest BCUT2D eigenvalue weighted by molar-refractivity contribution is 7.91. The van der Waals surface area contributed by atoms with Crippen molar-refractivity contribution in [2.45, 2.75) is 37.5 Å². The fourth-order valence-corrected chi connectivity index (χ4v) is 3.22. The predicted octanol–water partition coefficient (Wildman–Crippen LogP) is 3.02. The average molecular weight is 306 g/mol. The second-order valence-corrected chi connectivity index (χ2v) is 6.53. The van der Waals surface area contributed by atoms with Gasteiger partial charge in [-0.1, -0.05) is 26.2 Å². The van der Waals surface area contributed by atoms with Gasteiger partial charge in [0.1, 0.15) is 4.90 Å². The summed E-state index contributed by atoms with van der Waals surface area (Å²) in [5.74, 6) is -4.83. The van der Waals surface area contributed by atoms with Gasteiger partial charge in [0.25, 0.3) is 0 Å². The molecule has 1 N–H and O–H groups in total. The van der Waals surface area contributed by atoms with Crippen LogP contribution in [0, 0.1) is 11.6 Å². The van der Waals surface area contributed by atoms with Crippen molar-refractivity contribution in [2.75, 3.05) is 5.75 Å². The lowest BCUT2D eigenvalue weighted by Gasteiger charge is -2.07. The quantitative estimate of drug-likeness (QED) is 0.786. The van der Waals surface area contributed by atoms with Crippen LogP contribution < -0.4 is 0 Å². The number of hydrogen-bond acceptors (Lipinski definition) is 3. The van der Waals surface area contributed by atoms with Crippen LogP contribution in [0.3, 0.4) is 0 Å². The van der Waals surface area contributed by atoms with Gasteiger partial charge in [0, 0.05) is 0 Å². The second-order valence-electron chi connectivity index (χ2n) is 4.45. The molecule has 0 amide bonds. The van der Waals surface area contributed by atoms with Gasteiger partial charge in [-0.25, -0.2) is 22.0 Å². The molecule has 0 unspecified atom stereocenters. The maximum absolute atomic E-state index is 13.6. The Morgan fingerprint density at radius 2 is 1.85 bits per heavy atom. The number of unbranched alkanes of at least 4 members (excludes halogenated alkanes) is 3. The van der Waals surface area contributed by atoms with E-state index in [1.165, 1.54) is 0 Å². The van der Waals surface area contributed by atoms with E-state index < -0.39 is 37.9 Å². The average Bonchev–Trinajstić information content (AvgIpc) is 2.37. The van der Waals surface area contributed by atoms with Crippen LogP contribution in [0.15, 0.2) is 17.0 Å². The molecule has 0 aliphatic rings. The molecule has 0 bridgehead atoms. The van der Waals surface area contributed by atoms with Crippen molar-refractivity contribution in [3.63, 3.8) is 0 Å². The van der Waals surface area contributed by atoms with E-state index in [4.69, 9.17) is 5.11 Å². The molecule has 112 valence electrons. The number of aromatic carboxylic acids is 1. The van der Waals surface area contributed by atoms with Gasteiger partial charge in [0.15, 0.2) is 21.5 Å². The van der Waals surface area contributed by atoms with Crippen LogP contribution >= 0.6 is 0 Å². The van der Waals surface area contributed by atoms with Crippen LogP contribution in [-0.4, -0.2) is 25.2 Å². The van der Waals surface area contributed by atoms with E-state index in [0.29, 0.717) is 25.0 Å². The Bertz CT molecular complexity index is 597. The number of rotatable bonds is 7. The topological polar surface area (TPSA) is 71.4 Å². The molecule has 0 aliphatic carbocycles. The van der Waals surface area contributed by atoms with Gasteiger partial charge in [-0.15, -0.1) is 0 Å². The summed E-state index contributed by atoms with van der Waals surface area (Å²) < 4.78 is 50.7. The number of halogens is 2.